The predicted molar refractivity (Wildman–Crippen MR) is 77.4 cm³/mol. The Hall–Kier alpha value is -1.95. The standard InChI is InChI=1S/C14H21N5O/c1-14(2,4-3-5-15)10-17-13(20)11-8-18-19-7-6-16-9-12(11)19/h6-9H,3-5,10,15H2,1-2H3,(H,17,20). The molecule has 0 spiro atoms. The minimum absolute atomic E-state index is 0.0379. The maximum Gasteiger partial charge on any atom is 0.255 e. The van der Waals surface area contributed by atoms with E-state index in [0.717, 1.165) is 12.8 Å². The molecule has 3 N–H and O–H groups in total. The van der Waals surface area contributed by atoms with Gasteiger partial charge in [-0.1, -0.05) is 13.8 Å². The molecule has 108 valence electrons. The van der Waals surface area contributed by atoms with Gasteiger partial charge in [0.2, 0.25) is 0 Å². The average molecular weight is 275 g/mol. The highest BCUT2D eigenvalue weighted by Crippen LogP contribution is 2.21. The van der Waals surface area contributed by atoms with E-state index in [0.29, 0.717) is 24.2 Å². The van der Waals surface area contributed by atoms with Crippen LogP contribution in [0.5, 0.6) is 0 Å². The first-order valence-electron chi connectivity index (χ1n) is 6.79. The normalized spacial score (nSPS) is 11.8. The zero-order chi connectivity index (χ0) is 14.6. The van der Waals surface area contributed by atoms with Gasteiger partial charge >= 0.3 is 0 Å². The van der Waals surface area contributed by atoms with Gasteiger partial charge in [-0.2, -0.15) is 5.10 Å². The van der Waals surface area contributed by atoms with E-state index < -0.39 is 0 Å². The van der Waals surface area contributed by atoms with Crippen LogP contribution in [0.4, 0.5) is 0 Å². The molecule has 0 saturated carbocycles. The lowest BCUT2D eigenvalue weighted by molar-refractivity contribution is 0.0936. The van der Waals surface area contributed by atoms with Gasteiger partial charge in [0, 0.05) is 18.9 Å². The summed E-state index contributed by atoms with van der Waals surface area (Å²) in [5.74, 6) is -0.117. The maximum absolute atomic E-state index is 12.2. The van der Waals surface area contributed by atoms with Crippen molar-refractivity contribution in [3.63, 3.8) is 0 Å². The summed E-state index contributed by atoms with van der Waals surface area (Å²) in [5.41, 5.74) is 6.83. The molecule has 0 aliphatic carbocycles. The fraction of sp³-hybridized carbons (Fsp3) is 0.500. The predicted octanol–water partition coefficient (Wildman–Crippen LogP) is 1.22. The fourth-order valence-corrected chi connectivity index (χ4v) is 2.09. The smallest absolute Gasteiger partial charge is 0.255 e. The second kappa shape index (κ2) is 6.00. The van der Waals surface area contributed by atoms with E-state index in [1.807, 2.05) is 0 Å². The van der Waals surface area contributed by atoms with Crippen molar-refractivity contribution in [1.82, 2.24) is 19.9 Å². The number of nitrogens with zero attached hydrogens (tertiary/aromatic N) is 3. The Balaban J connectivity index is 2.02. The van der Waals surface area contributed by atoms with Gasteiger partial charge in [0.25, 0.3) is 5.91 Å². The van der Waals surface area contributed by atoms with E-state index in [2.05, 4.69) is 29.2 Å². The van der Waals surface area contributed by atoms with Gasteiger partial charge in [-0.15, -0.1) is 0 Å². The molecule has 0 bridgehead atoms. The second-order valence-electron chi connectivity index (χ2n) is 5.70. The number of nitrogens with two attached hydrogens (primary N) is 1. The Bertz CT molecular complexity index is 590. The largest absolute Gasteiger partial charge is 0.351 e. The summed E-state index contributed by atoms with van der Waals surface area (Å²) in [6.45, 7) is 5.54. The Kier molecular flexibility index (Phi) is 4.34. The first-order chi connectivity index (χ1) is 9.53. The minimum Gasteiger partial charge on any atom is -0.351 e. The highest BCUT2D eigenvalue weighted by atomic mass is 16.1. The van der Waals surface area contributed by atoms with Gasteiger partial charge in [0.1, 0.15) is 0 Å². The average Bonchev–Trinajstić information content (AvgIpc) is 2.87. The number of aromatic nitrogens is 3. The van der Waals surface area contributed by atoms with Gasteiger partial charge in [-0.3, -0.25) is 9.78 Å². The van der Waals surface area contributed by atoms with Crippen molar-refractivity contribution in [3.8, 4) is 0 Å². The molecule has 2 aromatic heterocycles. The Morgan fingerprint density at radius 1 is 1.45 bits per heavy atom. The monoisotopic (exact) mass is 275 g/mol. The van der Waals surface area contributed by atoms with Crippen molar-refractivity contribution < 1.29 is 4.79 Å². The van der Waals surface area contributed by atoms with Gasteiger partial charge in [-0.05, 0) is 24.8 Å². The van der Waals surface area contributed by atoms with Gasteiger partial charge < -0.3 is 11.1 Å². The van der Waals surface area contributed by atoms with Gasteiger partial charge in [0.15, 0.2) is 0 Å². The molecule has 0 aliphatic rings. The lowest BCUT2D eigenvalue weighted by Crippen LogP contribution is -2.34. The van der Waals surface area contributed by atoms with E-state index in [9.17, 15) is 4.79 Å². The highest BCUT2D eigenvalue weighted by molar-refractivity contribution is 6.00. The third kappa shape index (κ3) is 3.33. The SMILES string of the molecule is CC(C)(CCCN)CNC(=O)c1cnn2ccncc12. The van der Waals surface area contributed by atoms with Crippen LogP contribution in [0.2, 0.25) is 0 Å². The fourth-order valence-electron chi connectivity index (χ4n) is 2.09. The molecule has 0 aliphatic heterocycles. The molecule has 0 aromatic carbocycles. The van der Waals surface area contributed by atoms with Crippen LogP contribution in [-0.4, -0.2) is 33.6 Å². The number of carbonyl (C=O) groups excluding carboxylic acids is 1. The number of nitrogens with one attached hydrogen (secondary N) is 1. The number of hydrogen-bond donors (Lipinski definition) is 2. The van der Waals surface area contributed by atoms with Crippen molar-refractivity contribution in [3.05, 3.63) is 30.4 Å². The van der Waals surface area contributed by atoms with Crippen LogP contribution in [0.25, 0.3) is 5.52 Å². The van der Waals surface area contributed by atoms with Crippen LogP contribution in [0.15, 0.2) is 24.8 Å². The number of amides is 1. The number of hydrogen-bond acceptors (Lipinski definition) is 4. The summed E-state index contributed by atoms with van der Waals surface area (Å²) < 4.78 is 1.64. The summed E-state index contributed by atoms with van der Waals surface area (Å²) >= 11 is 0. The molecular formula is C14H21N5O. The molecule has 20 heavy (non-hydrogen) atoms. The van der Waals surface area contributed by atoms with Crippen molar-refractivity contribution >= 4 is 11.4 Å². The summed E-state index contributed by atoms with van der Waals surface area (Å²) in [4.78, 5) is 16.2. The highest BCUT2D eigenvalue weighted by Gasteiger charge is 2.20. The van der Waals surface area contributed by atoms with E-state index in [1.54, 1.807) is 29.3 Å². The molecule has 2 heterocycles. The van der Waals surface area contributed by atoms with E-state index in [1.165, 1.54) is 0 Å². The van der Waals surface area contributed by atoms with Crippen molar-refractivity contribution in [2.75, 3.05) is 13.1 Å². The second-order valence-corrected chi connectivity index (χ2v) is 5.70. The summed E-state index contributed by atoms with van der Waals surface area (Å²) in [5, 5.41) is 7.10. The summed E-state index contributed by atoms with van der Waals surface area (Å²) in [6.07, 6.45) is 8.51. The van der Waals surface area contributed by atoms with Gasteiger partial charge in [-0.25, -0.2) is 4.52 Å². The number of fused-ring (bicyclic) bond motifs is 1. The first kappa shape index (κ1) is 14.5. The van der Waals surface area contributed by atoms with Crippen molar-refractivity contribution in [1.29, 1.82) is 0 Å². The van der Waals surface area contributed by atoms with Crippen molar-refractivity contribution in [2.45, 2.75) is 26.7 Å². The quantitative estimate of drug-likeness (QED) is 0.830. The summed E-state index contributed by atoms with van der Waals surface area (Å²) in [6, 6.07) is 0. The summed E-state index contributed by atoms with van der Waals surface area (Å²) in [7, 11) is 0. The van der Waals surface area contributed by atoms with Crippen LogP contribution in [0, 0.1) is 5.41 Å². The van der Waals surface area contributed by atoms with E-state index in [4.69, 9.17) is 5.73 Å². The molecule has 0 fully saturated rings. The van der Waals surface area contributed by atoms with E-state index >= 15 is 0 Å². The molecule has 1 amide bonds. The molecular weight excluding hydrogens is 254 g/mol. The van der Waals surface area contributed by atoms with Crippen LogP contribution in [-0.2, 0) is 0 Å². The zero-order valence-corrected chi connectivity index (χ0v) is 12.0. The third-order valence-corrected chi connectivity index (χ3v) is 3.35. The Morgan fingerprint density at radius 2 is 2.25 bits per heavy atom. The number of carbonyl (C=O) groups is 1. The van der Waals surface area contributed by atoms with Crippen LogP contribution < -0.4 is 11.1 Å². The third-order valence-electron chi connectivity index (χ3n) is 3.35. The van der Waals surface area contributed by atoms with Crippen LogP contribution >= 0.6 is 0 Å². The van der Waals surface area contributed by atoms with E-state index in [-0.39, 0.29) is 11.3 Å². The molecule has 2 aromatic rings. The molecule has 0 saturated heterocycles. The molecule has 0 radical (unpaired) electrons. The molecule has 6 nitrogen and oxygen atoms in total. The molecule has 0 atom stereocenters. The van der Waals surface area contributed by atoms with Crippen molar-refractivity contribution in [2.24, 2.45) is 11.1 Å². The van der Waals surface area contributed by atoms with Crippen LogP contribution in [0.1, 0.15) is 37.0 Å². The molecule has 2 rings (SSSR count). The topological polar surface area (TPSA) is 85.3 Å². The van der Waals surface area contributed by atoms with Crippen LogP contribution in [0.3, 0.4) is 0 Å². The maximum atomic E-state index is 12.2. The number of rotatable bonds is 6. The first-order valence-corrected chi connectivity index (χ1v) is 6.79. The Morgan fingerprint density at radius 3 is 3.00 bits per heavy atom. The molecule has 6 heteroatoms. The minimum atomic E-state index is -0.117. The molecule has 0 unspecified atom stereocenters. The van der Waals surface area contributed by atoms with Gasteiger partial charge in [0.05, 0.1) is 23.5 Å². The Labute approximate surface area is 118 Å². The lowest BCUT2D eigenvalue weighted by Gasteiger charge is -2.24. The lowest BCUT2D eigenvalue weighted by atomic mass is 9.87. The zero-order valence-electron chi connectivity index (χ0n) is 12.0.